The molecule has 0 bridgehead atoms. The quantitative estimate of drug-likeness (QED) is 0.906. The number of amides is 1. The summed E-state index contributed by atoms with van der Waals surface area (Å²) in [4.78, 5) is 14.4. The van der Waals surface area contributed by atoms with Gasteiger partial charge in [0.15, 0.2) is 0 Å². The average Bonchev–Trinajstić information content (AvgIpc) is 2.91. The standard InChI is InChI=1S/C16H17BrN2OS/c1-19(9-11-6-15(17)21-10-11)16(20)14-7-12-4-2-3-5-13(12)8-18-14/h2-6,10,14,18H,7-9H2,1H3/t14-/m1/s1. The minimum Gasteiger partial charge on any atom is -0.340 e. The number of nitrogens with one attached hydrogen (secondary N) is 1. The van der Waals surface area contributed by atoms with Crippen LogP contribution in [0.1, 0.15) is 16.7 Å². The molecular weight excluding hydrogens is 348 g/mol. The van der Waals surface area contributed by atoms with Crippen molar-refractivity contribution < 1.29 is 4.79 Å². The summed E-state index contributed by atoms with van der Waals surface area (Å²) in [5.74, 6) is 0.159. The maximum atomic E-state index is 12.6. The highest BCUT2D eigenvalue weighted by atomic mass is 79.9. The lowest BCUT2D eigenvalue weighted by Crippen LogP contribution is -2.47. The van der Waals surface area contributed by atoms with Gasteiger partial charge in [0, 0.05) is 20.1 Å². The molecule has 0 spiro atoms. The second-order valence-corrected chi connectivity index (χ2v) is 7.65. The summed E-state index contributed by atoms with van der Waals surface area (Å²) >= 11 is 5.10. The number of halogens is 1. The van der Waals surface area contributed by atoms with Crippen molar-refractivity contribution in [2.24, 2.45) is 0 Å². The number of hydrogen-bond acceptors (Lipinski definition) is 3. The topological polar surface area (TPSA) is 32.3 Å². The van der Waals surface area contributed by atoms with Crippen molar-refractivity contribution in [2.45, 2.75) is 25.6 Å². The summed E-state index contributed by atoms with van der Waals surface area (Å²) in [6, 6.07) is 10.3. The first-order chi connectivity index (χ1) is 10.1. The third kappa shape index (κ3) is 3.36. The molecule has 3 nitrogen and oxygen atoms in total. The van der Waals surface area contributed by atoms with Gasteiger partial charge in [-0.3, -0.25) is 4.79 Å². The van der Waals surface area contributed by atoms with Crippen LogP contribution >= 0.6 is 27.3 Å². The zero-order valence-electron chi connectivity index (χ0n) is 11.8. The van der Waals surface area contributed by atoms with Crippen LogP contribution in [0.3, 0.4) is 0 Å². The van der Waals surface area contributed by atoms with Gasteiger partial charge in [-0.25, -0.2) is 0 Å². The Labute approximate surface area is 137 Å². The zero-order chi connectivity index (χ0) is 14.8. The van der Waals surface area contributed by atoms with Crippen molar-refractivity contribution in [3.8, 4) is 0 Å². The van der Waals surface area contributed by atoms with Crippen LogP contribution in [0.4, 0.5) is 0 Å². The van der Waals surface area contributed by atoms with Gasteiger partial charge in [0.05, 0.1) is 9.83 Å². The predicted octanol–water partition coefficient (Wildman–Crippen LogP) is 3.18. The minimum atomic E-state index is -0.119. The van der Waals surface area contributed by atoms with Crippen LogP contribution in [0, 0.1) is 0 Å². The average molecular weight is 365 g/mol. The molecule has 0 radical (unpaired) electrons. The summed E-state index contributed by atoms with van der Waals surface area (Å²) in [5, 5.41) is 5.43. The Morgan fingerprint density at radius 3 is 2.90 bits per heavy atom. The molecular formula is C16H17BrN2OS. The fourth-order valence-corrected chi connectivity index (χ4v) is 3.88. The van der Waals surface area contributed by atoms with E-state index in [-0.39, 0.29) is 11.9 Å². The van der Waals surface area contributed by atoms with E-state index in [2.05, 4.69) is 44.8 Å². The highest BCUT2D eigenvalue weighted by molar-refractivity contribution is 9.11. The molecule has 2 aromatic rings. The molecule has 1 N–H and O–H groups in total. The molecule has 1 aromatic heterocycles. The molecule has 5 heteroatoms. The van der Waals surface area contributed by atoms with Crippen LogP contribution in [-0.4, -0.2) is 23.9 Å². The number of benzene rings is 1. The first-order valence-corrected chi connectivity index (χ1v) is 8.59. The van der Waals surface area contributed by atoms with Crippen LogP contribution < -0.4 is 5.32 Å². The molecule has 0 fully saturated rings. The molecule has 21 heavy (non-hydrogen) atoms. The second kappa shape index (κ2) is 6.30. The van der Waals surface area contributed by atoms with Gasteiger partial charge in [0.2, 0.25) is 5.91 Å². The number of fused-ring (bicyclic) bond motifs is 1. The summed E-state index contributed by atoms with van der Waals surface area (Å²) < 4.78 is 1.10. The monoisotopic (exact) mass is 364 g/mol. The van der Waals surface area contributed by atoms with E-state index < -0.39 is 0 Å². The van der Waals surface area contributed by atoms with Crippen molar-refractivity contribution in [1.82, 2.24) is 10.2 Å². The molecule has 0 saturated heterocycles. The Balaban J connectivity index is 1.66. The first kappa shape index (κ1) is 14.8. The summed E-state index contributed by atoms with van der Waals surface area (Å²) in [5.41, 5.74) is 3.74. The number of likely N-dealkylation sites (N-methyl/N-ethyl adjacent to an activating group) is 1. The Bertz CT molecular complexity index is 655. The molecule has 1 aliphatic rings. The van der Waals surface area contributed by atoms with E-state index >= 15 is 0 Å². The van der Waals surface area contributed by atoms with E-state index in [9.17, 15) is 4.79 Å². The van der Waals surface area contributed by atoms with Gasteiger partial charge in [0.25, 0.3) is 0 Å². The van der Waals surface area contributed by atoms with E-state index in [4.69, 9.17) is 0 Å². The Morgan fingerprint density at radius 2 is 2.19 bits per heavy atom. The van der Waals surface area contributed by atoms with Crippen molar-refractivity contribution in [2.75, 3.05) is 7.05 Å². The summed E-state index contributed by atoms with van der Waals surface area (Å²) in [6.07, 6.45) is 0.771. The van der Waals surface area contributed by atoms with E-state index in [0.29, 0.717) is 6.54 Å². The van der Waals surface area contributed by atoms with Gasteiger partial charge in [0.1, 0.15) is 0 Å². The fraction of sp³-hybridized carbons (Fsp3) is 0.312. The Kier molecular flexibility index (Phi) is 4.42. The lowest BCUT2D eigenvalue weighted by Gasteiger charge is -2.29. The van der Waals surface area contributed by atoms with Gasteiger partial charge in [-0.2, -0.15) is 0 Å². The molecule has 0 saturated carbocycles. The van der Waals surface area contributed by atoms with Crippen molar-refractivity contribution in [3.63, 3.8) is 0 Å². The normalized spacial score (nSPS) is 17.3. The zero-order valence-corrected chi connectivity index (χ0v) is 14.2. The third-order valence-electron chi connectivity index (χ3n) is 3.80. The van der Waals surface area contributed by atoms with Gasteiger partial charge < -0.3 is 10.2 Å². The first-order valence-electron chi connectivity index (χ1n) is 6.91. The number of nitrogens with zero attached hydrogens (tertiary/aromatic N) is 1. The molecule has 3 rings (SSSR count). The second-order valence-electron chi connectivity index (χ2n) is 5.36. The molecule has 1 atom stereocenters. The maximum absolute atomic E-state index is 12.6. The molecule has 1 aliphatic heterocycles. The molecule has 110 valence electrons. The van der Waals surface area contributed by atoms with Crippen LogP contribution in [0.25, 0.3) is 0 Å². The van der Waals surface area contributed by atoms with Crippen molar-refractivity contribution >= 4 is 33.2 Å². The lowest BCUT2D eigenvalue weighted by atomic mass is 9.95. The van der Waals surface area contributed by atoms with Gasteiger partial charge >= 0.3 is 0 Å². The van der Waals surface area contributed by atoms with E-state index in [1.807, 2.05) is 19.2 Å². The Morgan fingerprint density at radius 1 is 1.43 bits per heavy atom. The molecule has 1 amide bonds. The molecule has 2 heterocycles. The van der Waals surface area contributed by atoms with E-state index in [1.54, 1.807) is 16.2 Å². The smallest absolute Gasteiger partial charge is 0.240 e. The largest absolute Gasteiger partial charge is 0.340 e. The van der Waals surface area contributed by atoms with Gasteiger partial charge in [-0.15, -0.1) is 11.3 Å². The van der Waals surface area contributed by atoms with Crippen molar-refractivity contribution in [3.05, 3.63) is 56.2 Å². The van der Waals surface area contributed by atoms with Gasteiger partial charge in [-0.1, -0.05) is 24.3 Å². The number of rotatable bonds is 3. The number of hydrogen-bond donors (Lipinski definition) is 1. The van der Waals surface area contributed by atoms with Crippen molar-refractivity contribution in [1.29, 1.82) is 0 Å². The lowest BCUT2D eigenvalue weighted by molar-refractivity contribution is -0.132. The number of thiophene rings is 1. The van der Waals surface area contributed by atoms with Crippen LogP contribution in [-0.2, 0) is 24.3 Å². The third-order valence-corrected chi connectivity index (χ3v) is 5.35. The van der Waals surface area contributed by atoms with Gasteiger partial charge in [-0.05, 0) is 50.5 Å². The summed E-state index contributed by atoms with van der Waals surface area (Å²) in [6.45, 7) is 1.42. The number of carbonyl (C=O) groups excluding carboxylic acids is 1. The SMILES string of the molecule is CN(Cc1csc(Br)c1)C(=O)[C@H]1Cc2ccccc2CN1. The highest BCUT2D eigenvalue weighted by Gasteiger charge is 2.26. The maximum Gasteiger partial charge on any atom is 0.240 e. The van der Waals surface area contributed by atoms with E-state index in [0.717, 1.165) is 16.8 Å². The Hall–Kier alpha value is -1.17. The predicted molar refractivity (Wildman–Crippen MR) is 89.3 cm³/mol. The fourth-order valence-electron chi connectivity index (χ4n) is 2.68. The van der Waals surface area contributed by atoms with Crippen LogP contribution in [0.2, 0.25) is 0 Å². The highest BCUT2D eigenvalue weighted by Crippen LogP contribution is 2.22. The molecule has 0 aliphatic carbocycles. The van der Waals surface area contributed by atoms with E-state index in [1.165, 1.54) is 16.7 Å². The molecule has 0 unspecified atom stereocenters. The minimum absolute atomic E-state index is 0.119. The molecule has 1 aromatic carbocycles. The van der Waals surface area contributed by atoms with Crippen LogP contribution in [0.15, 0.2) is 39.5 Å². The van der Waals surface area contributed by atoms with Crippen LogP contribution in [0.5, 0.6) is 0 Å². The summed E-state index contributed by atoms with van der Waals surface area (Å²) in [7, 11) is 1.87. The number of carbonyl (C=O) groups is 1.